The maximum atomic E-state index is 6.23. The average molecular weight is 246 g/mol. The van der Waals surface area contributed by atoms with E-state index in [0.29, 0.717) is 11.5 Å². The quantitative estimate of drug-likeness (QED) is 0.842. The van der Waals surface area contributed by atoms with Crippen LogP contribution in [0, 0.1) is 0 Å². The minimum Gasteiger partial charge on any atom is -0.495 e. The number of methoxy groups -OCH3 is 2. The third-order valence-electron chi connectivity index (χ3n) is 3.35. The highest BCUT2D eigenvalue weighted by Gasteiger charge is 2.41. The molecule has 0 saturated carbocycles. The van der Waals surface area contributed by atoms with Crippen LogP contribution < -0.4 is 11.5 Å². The van der Waals surface area contributed by atoms with Crippen LogP contribution in [0.3, 0.4) is 0 Å². The maximum absolute atomic E-state index is 6.23. The van der Waals surface area contributed by atoms with E-state index < -0.39 is 11.6 Å². The summed E-state index contributed by atoms with van der Waals surface area (Å²) in [7, 11) is 3.20. The molecule has 4 nitrogen and oxygen atoms in total. The zero-order valence-electron chi connectivity index (χ0n) is 10.6. The largest absolute Gasteiger partial charge is 0.495 e. The van der Waals surface area contributed by atoms with E-state index in [1.807, 2.05) is 36.4 Å². The highest BCUT2D eigenvalue weighted by Crippen LogP contribution is 2.36. The van der Waals surface area contributed by atoms with Gasteiger partial charge >= 0.3 is 0 Å². The monoisotopic (exact) mass is 246 g/mol. The lowest BCUT2D eigenvalue weighted by molar-refractivity contribution is 0.0116. The predicted octanol–water partition coefficient (Wildman–Crippen LogP) is 1.24. The van der Waals surface area contributed by atoms with E-state index in [1.54, 1.807) is 20.3 Å². The fourth-order valence-corrected chi connectivity index (χ4v) is 2.26. The van der Waals surface area contributed by atoms with Crippen molar-refractivity contribution >= 4 is 0 Å². The van der Waals surface area contributed by atoms with Gasteiger partial charge in [-0.2, -0.15) is 0 Å². The first kappa shape index (κ1) is 12.7. The van der Waals surface area contributed by atoms with Gasteiger partial charge in [0.2, 0.25) is 0 Å². The molecule has 2 rings (SSSR count). The van der Waals surface area contributed by atoms with Crippen LogP contribution >= 0.6 is 0 Å². The Hall–Kier alpha value is -1.78. The minimum absolute atomic E-state index is 0.482. The van der Waals surface area contributed by atoms with Gasteiger partial charge in [-0.25, -0.2) is 0 Å². The van der Waals surface area contributed by atoms with E-state index in [4.69, 9.17) is 20.9 Å². The van der Waals surface area contributed by atoms with Crippen molar-refractivity contribution < 1.29 is 9.47 Å². The van der Waals surface area contributed by atoms with E-state index >= 15 is 0 Å². The summed E-state index contributed by atoms with van der Waals surface area (Å²) >= 11 is 0. The van der Waals surface area contributed by atoms with Crippen LogP contribution in [-0.4, -0.2) is 20.3 Å². The summed E-state index contributed by atoms with van der Waals surface area (Å²) in [5.41, 5.74) is 13.0. The summed E-state index contributed by atoms with van der Waals surface area (Å²) in [4.78, 5) is 0. The van der Waals surface area contributed by atoms with Gasteiger partial charge in [0, 0.05) is 7.11 Å². The van der Waals surface area contributed by atoms with Crippen molar-refractivity contribution in [3.8, 4) is 0 Å². The molecule has 4 heteroatoms. The fraction of sp³-hybridized carbons (Fsp3) is 0.286. The molecule has 2 atom stereocenters. The van der Waals surface area contributed by atoms with Gasteiger partial charge in [-0.1, -0.05) is 30.3 Å². The Kier molecular flexibility index (Phi) is 3.41. The van der Waals surface area contributed by atoms with E-state index in [1.165, 1.54) is 0 Å². The zero-order chi connectivity index (χ0) is 13.2. The van der Waals surface area contributed by atoms with Crippen molar-refractivity contribution in [1.29, 1.82) is 0 Å². The number of hydrogen-bond acceptors (Lipinski definition) is 4. The fourth-order valence-electron chi connectivity index (χ4n) is 2.26. The van der Waals surface area contributed by atoms with Crippen molar-refractivity contribution in [2.75, 3.05) is 14.2 Å². The summed E-state index contributed by atoms with van der Waals surface area (Å²) in [5, 5.41) is 0. The molecule has 0 heterocycles. The first-order valence-electron chi connectivity index (χ1n) is 5.75. The number of benzene rings is 1. The van der Waals surface area contributed by atoms with Crippen LogP contribution in [0.15, 0.2) is 53.9 Å². The molecule has 1 aliphatic rings. The summed E-state index contributed by atoms with van der Waals surface area (Å²) in [6.07, 6.45) is 3.69. The minimum atomic E-state index is -0.743. The van der Waals surface area contributed by atoms with Gasteiger partial charge in [0.05, 0.1) is 18.8 Å². The molecule has 1 aromatic carbocycles. The third-order valence-corrected chi connectivity index (χ3v) is 3.35. The molecule has 0 amide bonds. The predicted molar refractivity (Wildman–Crippen MR) is 70.5 cm³/mol. The SMILES string of the molecule is COC1=C(N)C(N)C(OC)(c2ccccc2)C=C1. The first-order chi connectivity index (χ1) is 8.65. The van der Waals surface area contributed by atoms with Gasteiger partial charge < -0.3 is 20.9 Å². The standard InChI is InChI=1S/C14H18N2O2/c1-17-11-8-9-14(18-2,13(16)12(11)15)10-6-4-3-5-7-10/h3-9,13H,15-16H2,1-2H3. The second kappa shape index (κ2) is 4.84. The van der Waals surface area contributed by atoms with E-state index in [0.717, 1.165) is 5.56 Å². The van der Waals surface area contributed by atoms with Crippen molar-refractivity contribution in [2.45, 2.75) is 11.6 Å². The van der Waals surface area contributed by atoms with Crippen LogP contribution in [0.25, 0.3) is 0 Å². The van der Waals surface area contributed by atoms with Crippen LogP contribution in [0.2, 0.25) is 0 Å². The summed E-state index contributed by atoms with van der Waals surface area (Å²) in [6, 6.07) is 9.30. The van der Waals surface area contributed by atoms with Gasteiger partial charge in [-0.15, -0.1) is 0 Å². The molecule has 0 spiro atoms. The number of hydrogen-bond donors (Lipinski definition) is 2. The third kappa shape index (κ3) is 1.79. The number of ether oxygens (including phenoxy) is 2. The van der Waals surface area contributed by atoms with Crippen molar-refractivity contribution in [2.24, 2.45) is 11.5 Å². The van der Waals surface area contributed by atoms with Crippen LogP contribution in [0.4, 0.5) is 0 Å². The molecule has 0 radical (unpaired) electrons. The molecule has 0 bridgehead atoms. The van der Waals surface area contributed by atoms with E-state index in [-0.39, 0.29) is 0 Å². The Balaban J connectivity index is 2.49. The Labute approximate surface area is 107 Å². The second-order valence-corrected chi connectivity index (χ2v) is 4.20. The Morgan fingerprint density at radius 3 is 2.39 bits per heavy atom. The lowest BCUT2D eigenvalue weighted by Crippen LogP contribution is -2.50. The van der Waals surface area contributed by atoms with Crippen LogP contribution in [-0.2, 0) is 15.1 Å². The Bertz CT molecular complexity index is 482. The van der Waals surface area contributed by atoms with Gasteiger partial charge in [0.1, 0.15) is 11.4 Å². The lowest BCUT2D eigenvalue weighted by atomic mass is 9.81. The molecule has 0 saturated heterocycles. The number of rotatable bonds is 3. The van der Waals surface area contributed by atoms with Gasteiger partial charge in [-0.05, 0) is 17.7 Å². The zero-order valence-corrected chi connectivity index (χ0v) is 10.6. The van der Waals surface area contributed by atoms with Gasteiger partial charge in [-0.3, -0.25) is 0 Å². The molecular formula is C14H18N2O2. The van der Waals surface area contributed by atoms with E-state index in [2.05, 4.69) is 0 Å². The lowest BCUT2D eigenvalue weighted by Gasteiger charge is -2.38. The molecule has 0 aliphatic heterocycles. The first-order valence-corrected chi connectivity index (χ1v) is 5.75. The van der Waals surface area contributed by atoms with Gasteiger partial charge in [0.25, 0.3) is 0 Å². The molecule has 1 aliphatic carbocycles. The molecule has 0 fully saturated rings. The summed E-state index contributed by atoms with van der Waals surface area (Å²) < 4.78 is 10.8. The molecule has 96 valence electrons. The normalized spacial score (nSPS) is 27.4. The molecular weight excluding hydrogens is 228 g/mol. The van der Waals surface area contributed by atoms with Crippen molar-refractivity contribution in [1.82, 2.24) is 0 Å². The molecule has 18 heavy (non-hydrogen) atoms. The molecule has 0 aromatic heterocycles. The van der Waals surface area contributed by atoms with Crippen LogP contribution in [0.5, 0.6) is 0 Å². The highest BCUT2D eigenvalue weighted by atomic mass is 16.5. The Morgan fingerprint density at radius 2 is 1.83 bits per heavy atom. The smallest absolute Gasteiger partial charge is 0.139 e. The average Bonchev–Trinajstić information content (AvgIpc) is 2.43. The van der Waals surface area contributed by atoms with Crippen LogP contribution in [0.1, 0.15) is 5.56 Å². The summed E-state index contributed by atoms with van der Waals surface area (Å²) in [5.74, 6) is 0.589. The topological polar surface area (TPSA) is 70.5 Å². The second-order valence-electron chi connectivity index (χ2n) is 4.20. The van der Waals surface area contributed by atoms with Crippen molar-refractivity contribution in [3.05, 3.63) is 59.5 Å². The van der Waals surface area contributed by atoms with Crippen molar-refractivity contribution in [3.63, 3.8) is 0 Å². The number of nitrogens with two attached hydrogens (primary N) is 2. The Morgan fingerprint density at radius 1 is 1.17 bits per heavy atom. The summed E-state index contributed by atoms with van der Waals surface area (Å²) in [6.45, 7) is 0. The maximum Gasteiger partial charge on any atom is 0.139 e. The van der Waals surface area contributed by atoms with Gasteiger partial charge in [0.15, 0.2) is 0 Å². The molecule has 1 aromatic rings. The number of allylic oxidation sites excluding steroid dienone is 1. The van der Waals surface area contributed by atoms with E-state index in [9.17, 15) is 0 Å². The molecule has 2 unspecified atom stereocenters. The molecule has 4 N–H and O–H groups in total. The highest BCUT2D eigenvalue weighted by molar-refractivity contribution is 5.41.